The summed E-state index contributed by atoms with van der Waals surface area (Å²) in [4.78, 5) is 0. The minimum Gasteiger partial charge on any atom is -0.748 e. The summed E-state index contributed by atoms with van der Waals surface area (Å²) < 4.78 is 29.9. The van der Waals surface area contributed by atoms with E-state index in [1.165, 1.54) is 0 Å². The van der Waals surface area contributed by atoms with Gasteiger partial charge in [-0.05, 0) is 6.42 Å². The van der Waals surface area contributed by atoms with E-state index in [2.05, 4.69) is 0 Å². The van der Waals surface area contributed by atoms with Gasteiger partial charge in [-0.2, -0.15) is 0 Å². The number of rotatable bonds is 4. The third-order valence-electron chi connectivity index (χ3n) is 0.998. The number of hydrogen-bond acceptors (Lipinski definition) is 3. The Hall–Kier alpha value is 0.845. The molecule has 0 atom stereocenters. The van der Waals surface area contributed by atoms with Crippen LogP contribution in [0.4, 0.5) is 0 Å². The Morgan fingerprint density at radius 3 is 2.10 bits per heavy atom. The van der Waals surface area contributed by atoms with Crippen molar-refractivity contribution in [2.75, 3.05) is 5.75 Å². The first-order valence-corrected chi connectivity index (χ1v) is 4.57. The van der Waals surface area contributed by atoms with Crippen LogP contribution in [0.2, 0.25) is 0 Å². The van der Waals surface area contributed by atoms with Gasteiger partial charge in [0.15, 0.2) is 0 Å². The third-order valence-corrected chi connectivity index (χ3v) is 1.79. The van der Waals surface area contributed by atoms with Crippen molar-refractivity contribution in [3.8, 4) is 0 Å². The van der Waals surface area contributed by atoms with Gasteiger partial charge in [0.05, 0.1) is 10.1 Å². The van der Waals surface area contributed by atoms with Gasteiger partial charge in [0.2, 0.25) is 0 Å². The molecule has 0 unspecified atom stereocenters. The van der Waals surface area contributed by atoms with Crippen LogP contribution in [0.3, 0.4) is 0 Å². The first-order valence-electron chi connectivity index (χ1n) is 3.00. The van der Waals surface area contributed by atoms with Crippen LogP contribution < -0.4 is 0 Å². The fourth-order valence-electron chi connectivity index (χ4n) is 0.529. The molecule has 1 radical (unpaired) electrons. The van der Waals surface area contributed by atoms with Gasteiger partial charge in [-0.3, -0.25) is 0 Å². The topological polar surface area (TPSA) is 57.2 Å². The van der Waals surface area contributed by atoms with Gasteiger partial charge >= 0.3 is 27.7 Å². The number of unbranched alkanes of at least 4 members (excludes halogenated alkanes) is 2. The van der Waals surface area contributed by atoms with Crippen molar-refractivity contribution in [3.05, 3.63) is 0 Å². The van der Waals surface area contributed by atoms with Crippen molar-refractivity contribution in [3.63, 3.8) is 0 Å². The second-order valence-electron chi connectivity index (χ2n) is 1.97. The van der Waals surface area contributed by atoms with Gasteiger partial charge in [0, 0.05) is 5.75 Å². The molecule has 0 aliphatic heterocycles. The van der Waals surface area contributed by atoms with Gasteiger partial charge in [-0.1, -0.05) is 19.8 Å². The Balaban J connectivity index is 0. The zero-order valence-corrected chi connectivity index (χ0v) is 12.5. The molecular formula is C5H11HgO3S. The maximum absolute atomic E-state index is 9.95. The van der Waals surface area contributed by atoms with Crippen molar-refractivity contribution < 1.29 is 40.6 Å². The molecule has 3 nitrogen and oxygen atoms in total. The summed E-state index contributed by atoms with van der Waals surface area (Å²) in [6.45, 7) is 1.96. The molecule has 57 valence electrons. The molecule has 0 bridgehead atoms. The molecule has 0 heterocycles. The Kier molecular flexibility index (Phi) is 8.80. The normalized spacial score (nSPS) is 10.6. The van der Waals surface area contributed by atoms with Crippen molar-refractivity contribution in [1.29, 1.82) is 0 Å². The molecule has 0 rings (SSSR count). The average Bonchev–Trinajstić information content (AvgIpc) is 1.63. The van der Waals surface area contributed by atoms with E-state index in [0.717, 1.165) is 12.8 Å². The predicted octanol–water partition coefficient (Wildman–Crippen LogP) is 0.719. The van der Waals surface area contributed by atoms with E-state index in [4.69, 9.17) is 0 Å². The molecule has 0 fully saturated rings. The second-order valence-corrected chi connectivity index (χ2v) is 3.49. The maximum atomic E-state index is 9.95. The zero-order chi connectivity index (χ0) is 7.33. The van der Waals surface area contributed by atoms with Crippen LogP contribution in [-0.2, 0) is 37.8 Å². The zero-order valence-electron chi connectivity index (χ0n) is 6.17. The molecule has 0 N–H and O–H groups in total. The van der Waals surface area contributed by atoms with Gasteiger partial charge < -0.3 is 4.55 Å². The van der Waals surface area contributed by atoms with E-state index >= 15 is 0 Å². The van der Waals surface area contributed by atoms with E-state index in [1.54, 1.807) is 0 Å². The molecule has 0 saturated heterocycles. The van der Waals surface area contributed by atoms with Gasteiger partial charge in [-0.15, -0.1) is 0 Å². The van der Waals surface area contributed by atoms with Crippen molar-refractivity contribution in [2.45, 2.75) is 26.2 Å². The molecule has 10 heavy (non-hydrogen) atoms. The van der Waals surface area contributed by atoms with Gasteiger partial charge in [-0.25, -0.2) is 8.42 Å². The summed E-state index contributed by atoms with van der Waals surface area (Å²) in [5.74, 6) is -0.208. The van der Waals surface area contributed by atoms with Crippen molar-refractivity contribution >= 4 is 10.1 Å². The van der Waals surface area contributed by atoms with Crippen molar-refractivity contribution in [1.82, 2.24) is 0 Å². The smallest absolute Gasteiger partial charge is 0.748 e. The van der Waals surface area contributed by atoms with Crippen LogP contribution in [0.5, 0.6) is 0 Å². The van der Waals surface area contributed by atoms with Crippen LogP contribution in [-0.4, -0.2) is 18.7 Å². The Morgan fingerprint density at radius 2 is 1.80 bits per heavy atom. The third kappa shape index (κ3) is 11.6. The van der Waals surface area contributed by atoms with Crippen LogP contribution in [0.1, 0.15) is 26.2 Å². The van der Waals surface area contributed by atoms with Crippen molar-refractivity contribution in [2.24, 2.45) is 0 Å². The monoisotopic (exact) mass is 353 g/mol. The molecule has 0 aliphatic rings. The first-order chi connectivity index (χ1) is 4.06. The van der Waals surface area contributed by atoms with E-state index in [0.29, 0.717) is 6.42 Å². The van der Waals surface area contributed by atoms with Gasteiger partial charge in [0.1, 0.15) is 0 Å². The predicted molar refractivity (Wildman–Crippen MR) is 34.1 cm³/mol. The summed E-state index contributed by atoms with van der Waals surface area (Å²) in [6, 6.07) is 0. The minimum atomic E-state index is -3.95. The molecule has 0 aliphatic carbocycles. The van der Waals surface area contributed by atoms with Crippen LogP contribution >= 0.6 is 0 Å². The SMILES string of the molecule is CCCCCS(=O)(=O)[O-].[Hg+]. The molecule has 0 amide bonds. The van der Waals surface area contributed by atoms with E-state index in [9.17, 15) is 13.0 Å². The van der Waals surface area contributed by atoms with E-state index < -0.39 is 10.1 Å². The van der Waals surface area contributed by atoms with Gasteiger partial charge in [0.25, 0.3) is 0 Å². The van der Waals surface area contributed by atoms with E-state index in [-0.39, 0.29) is 33.4 Å². The standard InChI is InChI=1S/C5H12O3S.Hg/c1-2-3-4-5-9(6,7)8;/h2-5H2,1H3,(H,6,7,8);/q;+1/p-1. The Labute approximate surface area is 82.5 Å². The average molecular weight is 352 g/mol. The van der Waals surface area contributed by atoms with Crippen LogP contribution in [0, 0.1) is 0 Å². The molecular weight excluding hydrogens is 341 g/mol. The summed E-state index contributed by atoms with van der Waals surface area (Å²) >= 11 is 0. The quantitative estimate of drug-likeness (QED) is 0.426. The Morgan fingerprint density at radius 1 is 1.30 bits per heavy atom. The summed E-state index contributed by atoms with van der Waals surface area (Å²) in [5.41, 5.74) is 0. The van der Waals surface area contributed by atoms with Crippen LogP contribution in [0.15, 0.2) is 0 Å². The molecule has 5 heteroatoms. The molecule has 0 aromatic rings. The summed E-state index contributed by atoms with van der Waals surface area (Å²) in [7, 11) is -3.95. The second kappa shape index (κ2) is 6.55. The molecule has 0 aromatic heterocycles. The summed E-state index contributed by atoms with van der Waals surface area (Å²) in [5, 5.41) is 0. The molecule has 0 spiro atoms. The molecule has 0 aromatic carbocycles. The minimum absolute atomic E-state index is 0. The fourth-order valence-corrected chi connectivity index (χ4v) is 1.09. The molecule has 0 saturated carbocycles. The maximum Gasteiger partial charge on any atom is 1.00 e. The summed E-state index contributed by atoms with van der Waals surface area (Å²) in [6.07, 6.45) is 2.26. The largest absolute Gasteiger partial charge is 1.00 e. The fraction of sp³-hybridized carbons (Fsp3) is 1.00. The Bertz CT molecular complexity index is 152. The first kappa shape index (κ1) is 13.4. The number of hydrogen-bond donors (Lipinski definition) is 0. The van der Waals surface area contributed by atoms with Crippen LogP contribution in [0.25, 0.3) is 0 Å². The van der Waals surface area contributed by atoms with E-state index in [1.807, 2.05) is 6.92 Å².